The van der Waals surface area contributed by atoms with Crippen LogP contribution in [-0.4, -0.2) is 35.9 Å². The van der Waals surface area contributed by atoms with Gasteiger partial charge in [-0.2, -0.15) is 0 Å². The number of ether oxygens (including phenoxy) is 4. The third-order valence-electron chi connectivity index (χ3n) is 7.79. The van der Waals surface area contributed by atoms with Gasteiger partial charge in [-0.1, -0.05) is 98.2 Å². The minimum atomic E-state index is -0.368. The minimum absolute atomic E-state index is 0.00687. The lowest BCUT2D eigenvalue weighted by Crippen LogP contribution is -2.51. The van der Waals surface area contributed by atoms with E-state index >= 15 is 0 Å². The Morgan fingerprint density at radius 2 is 1.58 bits per heavy atom. The monoisotopic (exact) mass is 619 g/mol. The Labute approximate surface area is 262 Å². The van der Waals surface area contributed by atoms with E-state index in [4.69, 9.17) is 30.5 Å². The summed E-state index contributed by atoms with van der Waals surface area (Å²) in [6, 6.07) is 26.4. The molecule has 0 N–H and O–H groups in total. The van der Waals surface area contributed by atoms with Gasteiger partial charge in [-0.25, -0.2) is 9.78 Å². The van der Waals surface area contributed by atoms with Crippen LogP contribution in [0.25, 0.3) is 0 Å². The Bertz CT molecular complexity index is 1460. The molecule has 5 rings (SSSR count). The smallest absolute Gasteiger partial charge is 0.349 e. The summed E-state index contributed by atoms with van der Waals surface area (Å²) in [6.07, 6.45) is 1.98. The van der Waals surface area contributed by atoms with Crippen LogP contribution in [0.4, 0.5) is 0 Å². The van der Waals surface area contributed by atoms with Crippen molar-refractivity contribution in [3.05, 3.63) is 122 Å². The largest absolute Gasteiger partial charge is 0.462 e. The van der Waals surface area contributed by atoms with Gasteiger partial charge < -0.3 is 18.9 Å². The number of esters is 1. The van der Waals surface area contributed by atoms with Crippen molar-refractivity contribution in [2.45, 2.75) is 71.2 Å². The number of hydrogen-bond donors (Lipinski definition) is 0. The third-order valence-corrected chi connectivity index (χ3v) is 9.14. The van der Waals surface area contributed by atoms with Crippen molar-refractivity contribution in [2.24, 2.45) is 5.92 Å². The maximum Gasteiger partial charge on any atom is 0.349 e. The van der Waals surface area contributed by atoms with Gasteiger partial charge in [-0.3, -0.25) is 0 Å². The highest BCUT2D eigenvalue weighted by atomic mass is 35.5. The van der Waals surface area contributed by atoms with Gasteiger partial charge in [0.15, 0.2) is 0 Å². The fourth-order valence-electron chi connectivity index (χ4n) is 5.53. The first-order chi connectivity index (χ1) is 21.0. The highest BCUT2D eigenvalue weighted by Crippen LogP contribution is 2.41. The highest BCUT2D eigenvalue weighted by Gasteiger charge is 2.45. The number of carbonyl (C=O) groups is 1. The second kappa shape index (κ2) is 15.1. The van der Waals surface area contributed by atoms with Crippen LogP contribution in [0.15, 0.2) is 85.1 Å². The number of halogens is 1. The summed E-state index contributed by atoms with van der Waals surface area (Å²) in [5.74, 6) is -0.240. The molecule has 0 spiro atoms. The molecule has 4 aromatic rings. The van der Waals surface area contributed by atoms with Crippen LogP contribution in [0, 0.1) is 5.92 Å². The van der Waals surface area contributed by atoms with Crippen LogP contribution >= 0.6 is 22.9 Å². The number of nitrogens with zero attached hydrogens (tertiary/aromatic N) is 1. The maximum atomic E-state index is 12.2. The van der Waals surface area contributed by atoms with Crippen LogP contribution < -0.4 is 0 Å². The second-order valence-electron chi connectivity index (χ2n) is 10.8. The molecule has 1 aromatic heterocycles. The van der Waals surface area contributed by atoms with Gasteiger partial charge in [0, 0.05) is 17.4 Å². The van der Waals surface area contributed by atoms with E-state index < -0.39 is 0 Å². The van der Waals surface area contributed by atoms with Crippen molar-refractivity contribution < 1.29 is 23.7 Å². The van der Waals surface area contributed by atoms with Crippen molar-refractivity contribution in [1.82, 2.24) is 4.98 Å². The van der Waals surface area contributed by atoms with Crippen LogP contribution in [0.2, 0.25) is 5.02 Å². The highest BCUT2D eigenvalue weighted by molar-refractivity contribution is 7.13. The number of rotatable bonds is 12. The van der Waals surface area contributed by atoms with Crippen molar-refractivity contribution >= 4 is 28.9 Å². The summed E-state index contributed by atoms with van der Waals surface area (Å²) in [5.41, 5.74) is 4.08. The molecule has 0 bridgehead atoms. The molecule has 0 radical (unpaired) electrons. The zero-order chi connectivity index (χ0) is 30.2. The van der Waals surface area contributed by atoms with E-state index in [9.17, 15) is 4.79 Å². The summed E-state index contributed by atoms with van der Waals surface area (Å²) >= 11 is 8.02. The van der Waals surface area contributed by atoms with Crippen molar-refractivity contribution in [1.29, 1.82) is 0 Å². The van der Waals surface area contributed by atoms with Gasteiger partial charge >= 0.3 is 5.97 Å². The van der Waals surface area contributed by atoms with Crippen LogP contribution in [-0.2, 0) is 38.6 Å². The summed E-state index contributed by atoms with van der Waals surface area (Å²) in [6.45, 7) is 7.38. The lowest BCUT2D eigenvalue weighted by molar-refractivity contribution is -0.234. The Balaban J connectivity index is 1.44. The normalized spacial score (nSPS) is 21.9. The molecule has 43 heavy (non-hydrogen) atoms. The van der Waals surface area contributed by atoms with Gasteiger partial charge in [0.25, 0.3) is 0 Å². The molecule has 1 aliphatic rings. The second-order valence-corrected chi connectivity index (χ2v) is 12.3. The molecule has 0 amide bonds. The number of benzene rings is 3. The van der Waals surface area contributed by atoms with Gasteiger partial charge in [0.2, 0.25) is 0 Å². The SMILES string of the molecule is CCOC(=O)c1cnc(Cc2cc([C@@H]3O[C@H](CC)[C@@H](C)[C@H](OCc4ccccc4)[C@H]3OCc3ccccc3)ccc2Cl)s1. The summed E-state index contributed by atoms with van der Waals surface area (Å²) < 4.78 is 25.3. The van der Waals surface area contributed by atoms with E-state index in [1.807, 2.05) is 48.5 Å². The lowest BCUT2D eigenvalue weighted by atomic mass is 9.84. The molecule has 6 nitrogen and oxygen atoms in total. The average Bonchev–Trinajstić information content (AvgIpc) is 3.50. The van der Waals surface area contributed by atoms with Gasteiger partial charge in [-0.15, -0.1) is 11.3 Å². The zero-order valence-corrected chi connectivity index (χ0v) is 26.4. The molecule has 0 aliphatic carbocycles. The van der Waals surface area contributed by atoms with Crippen molar-refractivity contribution in [2.75, 3.05) is 6.61 Å². The Morgan fingerprint density at radius 1 is 0.930 bits per heavy atom. The van der Waals surface area contributed by atoms with Crippen molar-refractivity contribution in [3.63, 3.8) is 0 Å². The van der Waals surface area contributed by atoms with E-state index in [1.54, 1.807) is 13.1 Å². The molecular formula is C35H38ClNO5S. The minimum Gasteiger partial charge on any atom is -0.462 e. The van der Waals surface area contributed by atoms with E-state index in [1.165, 1.54) is 11.3 Å². The number of thiazole rings is 1. The van der Waals surface area contributed by atoms with Gasteiger partial charge in [-0.05, 0) is 41.7 Å². The zero-order valence-electron chi connectivity index (χ0n) is 24.8. The fourth-order valence-corrected chi connectivity index (χ4v) is 6.55. The Kier molecular flexibility index (Phi) is 11.0. The number of carbonyl (C=O) groups excluding carboxylic acids is 1. The lowest BCUT2D eigenvalue weighted by Gasteiger charge is -2.46. The molecule has 0 unspecified atom stereocenters. The molecule has 5 atom stereocenters. The van der Waals surface area contributed by atoms with E-state index in [2.05, 4.69) is 49.2 Å². The molecule has 0 saturated carbocycles. The third kappa shape index (κ3) is 7.91. The summed E-state index contributed by atoms with van der Waals surface area (Å²) in [5, 5.41) is 1.42. The molecule has 1 fully saturated rings. The first kappa shape index (κ1) is 31.4. The maximum absolute atomic E-state index is 12.2. The fraction of sp³-hybridized carbons (Fsp3) is 0.371. The van der Waals surface area contributed by atoms with Crippen LogP contribution in [0.1, 0.15) is 70.2 Å². The summed E-state index contributed by atoms with van der Waals surface area (Å²) in [4.78, 5) is 17.1. The van der Waals surface area contributed by atoms with E-state index in [-0.39, 0.29) is 36.3 Å². The number of aromatic nitrogens is 1. The van der Waals surface area contributed by atoms with Crippen LogP contribution in [0.5, 0.6) is 0 Å². The predicted octanol–water partition coefficient (Wildman–Crippen LogP) is 8.22. The standard InChI is InChI=1S/C35H38ClNO5S/c1-4-29-23(3)32(40-21-24-12-8-6-9-13-24)34(41-22-25-14-10-7-11-15-25)33(42-29)26-16-17-28(36)27(18-26)19-31-37-20-30(43-31)35(38)39-5-2/h6-18,20,23,29,32-34H,4-5,19,21-22H2,1-3H3/t23-,29-,32+,33+,34-/m1/s1. The quantitative estimate of drug-likeness (QED) is 0.149. The van der Waals surface area contributed by atoms with E-state index in [0.29, 0.717) is 36.1 Å². The predicted molar refractivity (Wildman–Crippen MR) is 169 cm³/mol. The molecule has 1 saturated heterocycles. The van der Waals surface area contributed by atoms with Gasteiger partial charge in [0.05, 0.1) is 43.2 Å². The Hall–Kier alpha value is -3.07. The topological polar surface area (TPSA) is 66.9 Å². The van der Waals surface area contributed by atoms with Crippen molar-refractivity contribution in [3.8, 4) is 0 Å². The van der Waals surface area contributed by atoms with E-state index in [0.717, 1.165) is 33.7 Å². The first-order valence-electron chi connectivity index (χ1n) is 14.8. The molecule has 8 heteroatoms. The van der Waals surface area contributed by atoms with Gasteiger partial charge in [0.1, 0.15) is 17.1 Å². The average molecular weight is 620 g/mol. The molecule has 2 heterocycles. The van der Waals surface area contributed by atoms with Crippen LogP contribution in [0.3, 0.4) is 0 Å². The summed E-state index contributed by atoms with van der Waals surface area (Å²) in [7, 11) is 0. The molecule has 226 valence electrons. The molecule has 3 aromatic carbocycles. The molecule has 1 aliphatic heterocycles. The number of hydrogen-bond acceptors (Lipinski definition) is 7. The first-order valence-corrected chi connectivity index (χ1v) is 16.0. The molecular weight excluding hydrogens is 582 g/mol. The Morgan fingerprint density at radius 3 is 2.21 bits per heavy atom.